The average Bonchev–Trinajstić information content (AvgIpc) is 2.44. The molecule has 6 heteroatoms. The number of carbonyl (C=O) groups excluding carboxylic acids is 1. The Kier molecular flexibility index (Phi) is 4.95. The SMILES string of the molecule is O=C(NC(=S)Nc1ccc(Cl)c(Cl)c1)c1ccccc1. The zero-order valence-electron chi connectivity index (χ0n) is 10.2. The largest absolute Gasteiger partial charge is 0.332 e. The maximum atomic E-state index is 11.9. The Morgan fingerprint density at radius 2 is 1.70 bits per heavy atom. The van der Waals surface area contributed by atoms with Crippen molar-refractivity contribution in [1.82, 2.24) is 5.32 Å². The van der Waals surface area contributed by atoms with Gasteiger partial charge in [-0.05, 0) is 42.5 Å². The standard InChI is InChI=1S/C14H10Cl2N2OS/c15-11-7-6-10(8-12(11)16)17-14(20)18-13(19)9-4-2-1-3-5-9/h1-8H,(H2,17,18,19,20). The number of amides is 1. The monoisotopic (exact) mass is 324 g/mol. The first kappa shape index (κ1) is 14.8. The Hall–Kier alpha value is -1.62. The van der Waals surface area contributed by atoms with E-state index in [0.29, 0.717) is 21.3 Å². The van der Waals surface area contributed by atoms with Gasteiger partial charge in [-0.1, -0.05) is 41.4 Å². The van der Waals surface area contributed by atoms with Crippen LogP contribution in [0.25, 0.3) is 0 Å². The van der Waals surface area contributed by atoms with Crippen molar-refractivity contribution in [3.63, 3.8) is 0 Å². The summed E-state index contributed by atoms with van der Waals surface area (Å²) in [5, 5.41) is 6.51. The summed E-state index contributed by atoms with van der Waals surface area (Å²) in [5.74, 6) is -0.275. The molecule has 2 aromatic rings. The highest BCUT2D eigenvalue weighted by molar-refractivity contribution is 7.80. The summed E-state index contributed by atoms with van der Waals surface area (Å²) in [7, 11) is 0. The molecule has 3 nitrogen and oxygen atoms in total. The summed E-state index contributed by atoms with van der Waals surface area (Å²) in [6, 6.07) is 13.8. The van der Waals surface area contributed by atoms with Crippen molar-refractivity contribution < 1.29 is 4.79 Å². The topological polar surface area (TPSA) is 41.1 Å². The van der Waals surface area contributed by atoms with E-state index in [0.717, 1.165) is 0 Å². The van der Waals surface area contributed by atoms with E-state index in [4.69, 9.17) is 35.4 Å². The van der Waals surface area contributed by atoms with Gasteiger partial charge in [0, 0.05) is 11.3 Å². The third kappa shape index (κ3) is 3.93. The molecule has 2 rings (SSSR count). The molecule has 2 aromatic carbocycles. The van der Waals surface area contributed by atoms with E-state index in [1.165, 1.54) is 0 Å². The fourth-order valence-corrected chi connectivity index (χ4v) is 2.01. The Morgan fingerprint density at radius 1 is 1.00 bits per heavy atom. The molecule has 0 atom stereocenters. The van der Waals surface area contributed by atoms with Crippen LogP contribution >= 0.6 is 35.4 Å². The first-order valence-electron chi connectivity index (χ1n) is 5.68. The van der Waals surface area contributed by atoms with E-state index in [1.807, 2.05) is 6.07 Å². The molecule has 20 heavy (non-hydrogen) atoms. The van der Waals surface area contributed by atoms with E-state index in [9.17, 15) is 4.79 Å². The van der Waals surface area contributed by atoms with Gasteiger partial charge in [-0.2, -0.15) is 0 Å². The summed E-state index contributed by atoms with van der Waals surface area (Å²) in [6.45, 7) is 0. The van der Waals surface area contributed by atoms with Crippen LogP contribution in [0.1, 0.15) is 10.4 Å². The van der Waals surface area contributed by atoms with Crippen LogP contribution in [0.2, 0.25) is 10.0 Å². The predicted molar refractivity (Wildman–Crippen MR) is 86.6 cm³/mol. The van der Waals surface area contributed by atoms with E-state index in [1.54, 1.807) is 42.5 Å². The lowest BCUT2D eigenvalue weighted by Crippen LogP contribution is -2.34. The number of thiocarbonyl (C=S) groups is 1. The smallest absolute Gasteiger partial charge is 0.257 e. The molecule has 0 heterocycles. The Labute approximate surface area is 131 Å². The van der Waals surface area contributed by atoms with Crippen molar-refractivity contribution >= 4 is 52.1 Å². The van der Waals surface area contributed by atoms with E-state index in [-0.39, 0.29) is 11.0 Å². The van der Waals surface area contributed by atoms with Crippen LogP contribution in [0, 0.1) is 0 Å². The number of nitrogens with one attached hydrogen (secondary N) is 2. The summed E-state index contributed by atoms with van der Waals surface area (Å²) in [6.07, 6.45) is 0. The molecule has 0 aliphatic carbocycles. The zero-order valence-corrected chi connectivity index (χ0v) is 12.5. The van der Waals surface area contributed by atoms with Crippen molar-refractivity contribution in [1.29, 1.82) is 0 Å². The molecule has 0 aromatic heterocycles. The second-order valence-corrected chi connectivity index (χ2v) is 5.13. The number of anilines is 1. The third-order valence-electron chi connectivity index (χ3n) is 2.44. The maximum absolute atomic E-state index is 11.9. The van der Waals surface area contributed by atoms with Gasteiger partial charge >= 0.3 is 0 Å². The number of benzene rings is 2. The van der Waals surface area contributed by atoms with Crippen LogP contribution in [-0.2, 0) is 0 Å². The molecule has 102 valence electrons. The number of carbonyl (C=O) groups is 1. The van der Waals surface area contributed by atoms with Crippen LogP contribution in [0.5, 0.6) is 0 Å². The second kappa shape index (κ2) is 6.70. The Morgan fingerprint density at radius 3 is 2.35 bits per heavy atom. The maximum Gasteiger partial charge on any atom is 0.257 e. The van der Waals surface area contributed by atoms with Gasteiger partial charge in [0.25, 0.3) is 5.91 Å². The van der Waals surface area contributed by atoms with Gasteiger partial charge in [0.2, 0.25) is 0 Å². The molecule has 0 saturated heterocycles. The summed E-state index contributed by atoms with van der Waals surface area (Å²) in [5.41, 5.74) is 1.18. The van der Waals surface area contributed by atoms with Crippen LogP contribution in [0.15, 0.2) is 48.5 Å². The molecule has 0 aliphatic heterocycles. The average molecular weight is 325 g/mol. The fraction of sp³-hybridized carbons (Fsp3) is 0. The van der Waals surface area contributed by atoms with Crippen LogP contribution in [-0.4, -0.2) is 11.0 Å². The van der Waals surface area contributed by atoms with E-state index < -0.39 is 0 Å². The van der Waals surface area contributed by atoms with Crippen LogP contribution in [0.4, 0.5) is 5.69 Å². The number of hydrogen-bond acceptors (Lipinski definition) is 2. The molecular weight excluding hydrogens is 315 g/mol. The minimum atomic E-state index is -0.275. The normalized spacial score (nSPS) is 9.90. The molecule has 0 bridgehead atoms. The highest BCUT2D eigenvalue weighted by Gasteiger charge is 2.07. The Bertz CT molecular complexity index is 647. The van der Waals surface area contributed by atoms with Crippen molar-refractivity contribution in [2.24, 2.45) is 0 Å². The lowest BCUT2D eigenvalue weighted by atomic mass is 10.2. The summed E-state index contributed by atoms with van der Waals surface area (Å²) >= 11 is 16.8. The van der Waals surface area contributed by atoms with Crippen molar-refractivity contribution in [3.05, 3.63) is 64.1 Å². The van der Waals surface area contributed by atoms with Crippen LogP contribution < -0.4 is 10.6 Å². The van der Waals surface area contributed by atoms with Gasteiger partial charge in [-0.15, -0.1) is 0 Å². The first-order chi connectivity index (χ1) is 9.56. The summed E-state index contributed by atoms with van der Waals surface area (Å²) < 4.78 is 0. The predicted octanol–water partition coefficient (Wildman–Crippen LogP) is 4.12. The molecule has 0 unspecified atom stereocenters. The molecular formula is C14H10Cl2N2OS. The Balaban J connectivity index is 1.99. The molecule has 0 spiro atoms. The zero-order chi connectivity index (χ0) is 14.5. The highest BCUT2D eigenvalue weighted by atomic mass is 35.5. The minimum absolute atomic E-state index is 0.192. The van der Waals surface area contributed by atoms with Crippen molar-refractivity contribution in [2.45, 2.75) is 0 Å². The molecule has 1 amide bonds. The summed E-state index contributed by atoms with van der Waals surface area (Å²) in [4.78, 5) is 11.9. The van der Waals surface area contributed by atoms with E-state index >= 15 is 0 Å². The number of halogens is 2. The molecule has 2 N–H and O–H groups in total. The second-order valence-electron chi connectivity index (χ2n) is 3.90. The lowest BCUT2D eigenvalue weighted by molar-refractivity contribution is 0.0978. The van der Waals surface area contributed by atoms with E-state index in [2.05, 4.69) is 10.6 Å². The van der Waals surface area contributed by atoms with Gasteiger partial charge in [-0.25, -0.2) is 0 Å². The van der Waals surface area contributed by atoms with Crippen molar-refractivity contribution in [3.8, 4) is 0 Å². The quantitative estimate of drug-likeness (QED) is 0.816. The molecule has 0 radical (unpaired) electrons. The fourth-order valence-electron chi connectivity index (χ4n) is 1.50. The molecule has 0 aliphatic rings. The molecule has 0 fully saturated rings. The van der Waals surface area contributed by atoms with Gasteiger partial charge in [0.05, 0.1) is 10.0 Å². The number of rotatable bonds is 2. The van der Waals surface area contributed by atoms with Gasteiger partial charge in [0.1, 0.15) is 0 Å². The highest BCUT2D eigenvalue weighted by Crippen LogP contribution is 2.24. The first-order valence-corrected chi connectivity index (χ1v) is 6.85. The van der Waals surface area contributed by atoms with Crippen molar-refractivity contribution in [2.75, 3.05) is 5.32 Å². The van der Waals surface area contributed by atoms with Gasteiger partial charge < -0.3 is 5.32 Å². The third-order valence-corrected chi connectivity index (χ3v) is 3.38. The number of hydrogen-bond donors (Lipinski definition) is 2. The molecule has 0 saturated carbocycles. The van der Waals surface area contributed by atoms with Gasteiger partial charge in [-0.3, -0.25) is 10.1 Å². The minimum Gasteiger partial charge on any atom is -0.332 e. The van der Waals surface area contributed by atoms with Gasteiger partial charge in [0.15, 0.2) is 5.11 Å². The van der Waals surface area contributed by atoms with Crippen LogP contribution in [0.3, 0.4) is 0 Å². The lowest BCUT2D eigenvalue weighted by Gasteiger charge is -2.10.